The first-order valence-electron chi connectivity index (χ1n) is 17.1. The number of carbonyl (C=O) groups is 1. The van der Waals surface area contributed by atoms with Gasteiger partial charge in [-0.3, -0.25) is 4.79 Å². The minimum atomic E-state index is -2.33. The number of benzene rings is 3. The molecule has 2 heterocycles. The van der Waals surface area contributed by atoms with Crippen LogP contribution in [-0.2, 0) is 24.9 Å². The number of aliphatic hydroxyl groups is 1. The largest absolute Gasteiger partial charge is 0.682 e. The molecule has 0 bridgehead atoms. The van der Waals surface area contributed by atoms with E-state index in [9.17, 15) is 14.3 Å². The van der Waals surface area contributed by atoms with Crippen molar-refractivity contribution in [3.8, 4) is 0 Å². The quantitative estimate of drug-likeness (QED) is 0.116. The summed E-state index contributed by atoms with van der Waals surface area (Å²) < 4.78 is 52.9. The Hall–Kier alpha value is -3.21. The average molecular weight is 776 g/mol. The maximum Gasteiger partial charge on any atom is 0.159 e. The first kappa shape index (κ1) is 28.3. The summed E-state index contributed by atoms with van der Waals surface area (Å²) in [7, 11) is 0. The van der Waals surface area contributed by atoms with E-state index in [2.05, 4.69) is 11.4 Å². The van der Waals surface area contributed by atoms with Crippen LogP contribution in [0.1, 0.15) is 105 Å². The normalized spacial score (nSPS) is 22.8. The molecule has 0 amide bonds. The predicted molar refractivity (Wildman–Crippen MR) is 174 cm³/mol. The van der Waals surface area contributed by atoms with Crippen molar-refractivity contribution in [3.05, 3.63) is 106 Å². The second kappa shape index (κ2) is 14.7. The van der Waals surface area contributed by atoms with Crippen molar-refractivity contribution in [1.82, 2.24) is 0 Å². The summed E-state index contributed by atoms with van der Waals surface area (Å²) >= 11 is 0. The predicted octanol–water partition coefficient (Wildman–Crippen LogP) is 10.8. The molecule has 1 N–H and O–H groups in total. The molecule has 1 aromatic heterocycles. The summed E-state index contributed by atoms with van der Waals surface area (Å²) in [5.74, 6) is 0.0542. The fourth-order valence-corrected chi connectivity index (χ4v) is 5.88. The van der Waals surface area contributed by atoms with Gasteiger partial charge in [0.15, 0.2) is 5.78 Å². The van der Waals surface area contributed by atoms with Crippen LogP contribution in [0.5, 0.6) is 0 Å². The number of hydrogen-bond acceptors (Lipinski definition) is 3. The standard InChI is InChI=1S/C27H22FNO.C11H20O2.Ir/c1-16-12-23-22-4-2-3-5-25(22)30-27(23)24(13-16)26-21-9-7-17(14-19(21)10-11-29-26)18-6-8-20(28)15-18;1-8(2)5-10(12)7-11(13)6-9(3)4;/h2-5,7,9-12,14,18,20,26H,6,8,15H2,1H3;7-9,12H,5-6H2,1-4H3;/q-2;;/b;10-7-;/i1D3,18D;;. The van der Waals surface area contributed by atoms with E-state index < -0.39 is 25.0 Å². The van der Waals surface area contributed by atoms with Gasteiger partial charge in [0.2, 0.25) is 0 Å². The first-order chi connectivity index (χ1) is 22.1. The second-order valence-corrected chi connectivity index (χ2v) is 12.4. The Kier molecular flexibility index (Phi) is 9.45. The Balaban J connectivity index is 0.000000319. The van der Waals surface area contributed by atoms with Gasteiger partial charge in [-0.15, -0.1) is 5.56 Å². The molecule has 3 aromatic carbocycles. The molecule has 4 aromatic rings. The van der Waals surface area contributed by atoms with E-state index in [1.54, 1.807) is 12.3 Å². The molecular weight excluding hydrogens is 730 g/mol. The third-order valence-corrected chi connectivity index (χ3v) is 7.77. The first-order valence-corrected chi connectivity index (χ1v) is 15.1. The summed E-state index contributed by atoms with van der Waals surface area (Å²) in [5, 5.41) is 15.6. The zero-order valence-electron chi connectivity index (χ0n) is 29.6. The molecule has 3 unspecified atom stereocenters. The van der Waals surface area contributed by atoms with E-state index in [0.717, 1.165) is 27.5 Å². The van der Waals surface area contributed by atoms with Gasteiger partial charge in [-0.2, -0.15) is 23.9 Å². The van der Waals surface area contributed by atoms with Gasteiger partial charge in [0, 0.05) is 55.5 Å². The van der Waals surface area contributed by atoms with Gasteiger partial charge >= 0.3 is 0 Å². The van der Waals surface area contributed by atoms with Crippen molar-refractivity contribution >= 4 is 33.8 Å². The zero-order valence-corrected chi connectivity index (χ0v) is 28.0. The number of nitrogens with zero attached hydrogens (tertiary/aromatic N) is 1. The molecule has 1 fully saturated rings. The van der Waals surface area contributed by atoms with Crippen molar-refractivity contribution < 1.29 is 44.3 Å². The minimum Gasteiger partial charge on any atom is -0.682 e. The molecule has 1 aliphatic heterocycles. The summed E-state index contributed by atoms with van der Waals surface area (Å²) in [4.78, 5) is 11.2. The maximum absolute atomic E-state index is 13.9. The molecule has 1 saturated carbocycles. The Morgan fingerprint density at radius 3 is 2.61 bits per heavy atom. The van der Waals surface area contributed by atoms with Gasteiger partial charge in [-0.25, -0.2) is 4.39 Å². The molecule has 2 aliphatic rings. The van der Waals surface area contributed by atoms with Crippen LogP contribution in [0.4, 0.5) is 4.39 Å². The van der Waals surface area contributed by atoms with E-state index in [1.165, 1.54) is 6.08 Å². The number of rotatable bonds is 7. The topological polar surface area (TPSA) is 64.5 Å². The Morgan fingerprint density at radius 1 is 1.14 bits per heavy atom. The van der Waals surface area contributed by atoms with Crippen molar-refractivity contribution in [3.63, 3.8) is 0 Å². The van der Waals surface area contributed by atoms with Gasteiger partial charge < -0.3 is 14.8 Å². The van der Waals surface area contributed by atoms with E-state index in [0.29, 0.717) is 54.2 Å². The molecule has 44 heavy (non-hydrogen) atoms. The molecule has 6 heteroatoms. The molecule has 1 radical (unpaired) electrons. The number of furan rings is 1. The number of para-hydroxylation sites is 1. The van der Waals surface area contributed by atoms with Crippen LogP contribution in [0.2, 0.25) is 0 Å². The van der Waals surface area contributed by atoms with Gasteiger partial charge in [-0.1, -0.05) is 94.0 Å². The number of ketones is 1. The van der Waals surface area contributed by atoms with Crippen LogP contribution in [0.25, 0.3) is 33.3 Å². The molecule has 0 spiro atoms. The monoisotopic (exact) mass is 776 g/mol. The molecule has 3 atom stereocenters. The van der Waals surface area contributed by atoms with Crippen LogP contribution >= 0.6 is 0 Å². The van der Waals surface area contributed by atoms with Crippen LogP contribution in [0.3, 0.4) is 0 Å². The summed E-state index contributed by atoms with van der Waals surface area (Å²) in [5.41, 5.74) is 4.51. The third kappa shape index (κ3) is 7.89. The number of fused-ring (bicyclic) bond motifs is 4. The number of aryl methyl sites for hydroxylation is 1. The fourth-order valence-electron chi connectivity index (χ4n) is 5.88. The van der Waals surface area contributed by atoms with Crippen LogP contribution in [0, 0.1) is 24.8 Å². The fraction of sp³-hybridized carbons (Fsp3) is 0.395. The molecular formula is C38H42FIrNO3-2. The number of aliphatic hydroxyl groups excluding tert-OH is 1. The van der Waals surface area contributed by atoms with Gasteiger partial charge in [0.1, 0.15) is 11.8 Å². The van der Waals surface area contributed by atoms with E-state index in [-0.39, 0.29) is 43.6 Å². The van der Waals surface area contributed by atoms with Gasteiger partial charge in [-0.05, 0) is 54.2 Å². The molecule has 4 nitrogen and oxygen atoms in total. The van der Waals surface area contributed by atoms with Gasteiger partial charge in [0.25, 0.3) is 0 Å². The van der Waals surface area contributed by atoms with E-state index in [1.807, 2.05) is 76.2 Å². The number of carbonyl (C=O) groups excluding carboxylic acids is 1. The van der Waals surface area contributed by atoms with Gasteiger partial charge in [0.05, 0.1) is 5.76 Å². The Labute approximate surface area is 279 Å². The van der Waals surface area contributed by atoms with Crippen LogP contribution < -0.4 is 0 Å². The second-order valence-electron chi connectivity index (χ2n) is 12.4. The van der Waals surface area contributed by atoms with Crippen molar-refractivity contribution in [2.75, 3.05) is 0 Å². The van der Waals surface area contributed by atoms with Crippen LogP contribution in [0.15, 0.2) is 71.0 Å². The number of alkyl halides is 1. The molecule has 6 rings (SSSR count). The average Bonchev–Trinajstić information content (AvgIpc) is 3.54. The third-order valence-electron chi connectivity index (χ3n) is 7.77. The van der Waals surface area contributed by atoms with Crippen molar-refractivity contribution in [2.24, 2.45) is 11.8 Å². The Morgan fingerprint density at radius 2 is 1.91 bits per heavy atom. The number of halogens is 1. The van der Waals surface area contributed by atoms with Crippen LogP contribution in [-0.4, -0.2) is 17.1 Å². The zero-order chi connectivity index (χ0) is 34.1. The minimum absolute atomic E-state index is 0. The summed E-state index contributed by atoms with van der Waals surface area (Å²) in [6, 6.07) is 17.6. The summed E-state index contributed by atoms with van der Waals surface area (Å²) in [6.07, 6.45) is 6.22. The van der Waals surface area contributed by atoms with Crippen molar-refractivity contribution in [1.29, 1.82) is 0 Å². The Bertz CT molecular complexity index is 1830. The smallest absolute Gasteiger partial charge is 0.159 e. The molecule has 235 valence electrons. The van der Waals surface area contributed by atoms with E-state index >= 15 is 0 Å². The van der Waals surface area contributed by atoms with Crippen molar-refractivity contribution in [2.45, 2.75) is 84.8 Å². The number of hydrogen-bond donors (Lipinski definition) is 1. The maximum atomic E-state index is 13.9. The molecule has 1 aliphatic carbocycles. The van der Waals surface area contributed by atoms with E-state index in [4.69, 9.17) is 9.90 Å². The number of allylic oxidation sites excluding steroid dienone is 2. The molecule has 0 saturated heterocycles. The SMILES string of the molecule is CC(C)CC(=O)/C=C(\O)CC(C)C.[2H]C([2H])([2H])c1[c-]c(C2[N-]C=Cc3cc(C4([2H])CCC(F)C4)ccc32)c2oc3ccccc3c2c1.[Ir]. The summed E-state index contributed by atoms with van der Waals surface area (Å²) in [6.45, 7) is 5.67.